The fourth-order valence-electron chi connectivity index (χ4n) is 2.07. The van der Waals surface area contributed by atoms with Crippen molar-refractivity contribution in [1.82, 2.24) is 0 Å². The number of aliphatic hydroxyl groups is 1. The fourth-order valence-corrected chi connectivity index (χ4v) is 2.07. The number of unbranched alkanes of at least 4 members (excludes halogenated alkanes) is 2. The number of ketones is 1. The molecular formula is C15H21NO4. The van der Waals surface area contributed by atoms with E-state index < -0.39 is 4.92 Å². The third kappa shape index (κ3) is 4.13. The van der Waals surface area contributed by atoms with Crippen LogP contribution in [0.1, 0.15) is 61.4 Å². The Hall–Kier alpha value is -1.75. The van der Waals surface area contributed by atoms with Crippen molar-refractivity contribution in [2.24, 2.45) is 0 Å². The van der Waals surface area contributed by atoms with Crippen molar-refractivity contribution in [3.8, 4) is 0 Å². The van der Waals surface area contributed by atoms with Crippen molar-refractivity contribution in [3.63, 3.8) is 0 Å². The van der Waals surface area contributed by atoms with E-state index in [1.807, 2.05) is 0 Å². The van der Waals surface area contributed by atoms with Crippen LogP contribution >= 0.6 is 0 Å². The molecule has 0 aliphatic rings. The van der Waals surface area contributed by atoms with Gasteiger partial charge in [0.05, 0.1) is 4.92 Å². The molecule has 0 aliphatic carbocycles. The minimum absolute atomic E-state index is 0.000243. The van der Waals surface area contributed by atoms with Gasteiger partial charge in [0.15, 0.2) is 5.78 Å². The van der Waals surface area contributed by atoms with Crippen LogP contribution in [0.25, 0.3) is 0 Å². The summed E-state index contributed by atoms with van der Waals surface area (Å²) in [6.45, 7) is 3.58. The van der Waals surface area contributed by atoms with Crippen LogP contribution in [0.3, 0.4) is 0 Å². The molecule has 5 heteroatoms. The third-order valence-electron chi connectivity index (χ3n) is 3.36. The summed E-state index contributed by atoms with van der Waals surface area (Å²) in [5, 5.41) is 20.2. The van der Waals surface area contributed by atoms with Crippen LogP contribution in [-0.2, 0) is 0 Å². The first-order chi connectivity index (χ1) is 9.51. The predicted molar refractivity (Wildman–Crippen MR) is 77.1 cm³/mol. The lowest BCUT2D eigenvalue weighted by atomic mass is 9.95. The van der Waals surface area contributed by atoms with Gasteiger partial charge in [-0.3, -0.25) is 14.9 Å². The molecule has 110 valence electrons. The van der Waals surface area contributed by atoms with Gasteiger partial charge < -0.3 is 5.11 Å². The Balaban J connectivity index is 3.00. The summed E-state index contributed by atoms with van der Waals surface area (Å²) in [5.74, 6) is -0.362. The first-order valence-electron chi connectivity index (χ1n) is 6.93. The highest BCUT2D eigenvalue weighted by molar-refractivity contribution is 5.96. The minimum atomic E-state index is -0.479. The van der Waals surface area contributed by atoms with Crippen LogP contribution < -0.4 is 0 Å². The van der Waals surface area contributed by atoms with Crippen molar-refractivity contribution < 1.29 is 14.8 Å². The molecule has 1 aromatic rings. The zero-order valence-electron chi connectivity index (χ0n) is 12.0. The van der Waals surface area contributed by atoms with Gasteiger partial charge in [0.1, 0.15) is 0 Å². The van der Waals surface area contributed by atoms with E-state index >= 15 is 0 Å². The molecule has 0 spiro atoms. The van der Waals surface area contributed by atoms with Gasteiger partial charge >= 0.3 is 0 Å². The van der Waals surface area contributed by atoms with E-state index in [-0.39, 0.29) is 24.0 Å². The number of nitro benzene ring substituents is 1. The standard InChI is InChI=1S/C15H21NO4/c1-3-4-5-6-15(18)12-7-8-14(16(19)20)13(9-12)11(2)10-17/h7-9,11,17H,3-6,10H2,1-2H3. The molecular weight excluding hydrogens is 258 g/mol. The maximum Gasteiger partial charge on any atom is 0.272 e. The first kappa shape index (κ1) is 16.3. The molecule has 1 aromatic carbocycles. The van der Waals surface area contributed by atoms with Crippen LogP contribution in [0.15, 0.2) is 18.2 Å². The monoisotopic (exact) mass is 279 g/mol. The third-order valence-corrected chi connectivity index (χ3v) is 3.36. The molecule has 0 bridgehead atoms. The molecule has 0 amide bonds. The summed E-state index contributed by atoms with van der Waals surface area (Å²) in [4.78, 5) is 22.5. The van der Waals surface area contributed by atoms with Crippen LogP contribution in [0.4, 0.5) is 5.69 Å². The van der Waals surface area contributed by atoms with Gasteiger partial charge in [-0.1, -0.05) is 26.7 Å². The zero-order valence-corrected chi connectivity index (χ0v) is 12.0. The van der Waals surface area contributed by atoms with E-state index in [2.05, 4.69) is 6.92 Å². The van der Waals surface area contributed by atoms with Gasteiger partial charge in [0, 0.05) is 36.1 Å². The number of nitrogens with zero attached hydrogens (tertiary/aromatic N) is 1. The number of rotatable bonds is 8. The van der Waals surface area contributed by atoms with Gasteiger partial charge in [0.25, 0.3) is 5.69 Å². The highest BCUT2D eigenvalue weighted by atomic mass is 16.6. The number of nitro groups is 1. The van der Waals surface area contributed by atoms with Gasteiger partial charge in [0.2, 0.25) is 0 Å². The highest BCUT2D eigenvalue weighted by Crippen LogP contribution is 2.28. The van der Waals surface area contributed by atoms with Crippen molar-refractivity contribution in [3.05, 3.63) is 39.4 Å². The van der Waals surface area contributed by atoms with Crippen molar-refractivity contribution in [2.75, 3.05) is 6.61 Å². The number of carbonyl (C=O) groups is 1. The SMILES string of the molecule is CCCCCC(=O)c1ccc([N+](=O)[O-])c(C(C)CO)c1. The van der Waals surface area contributed by atoms with Gasteiger partial charge in [-0.05, 0) is 18.6 Å². The normalized spacial score (nSPS) is 12.2. The number of hydrogen-bond acceptors (Lipinski definition) is 4. The molecule has 0 aliphatic heterocycles. The average molecular weight is 279 g/mol. The quantitative estimate of drug-likeness (QED) is 0.342. The number of Topliss-reactive ketones (excluding diaryl/α,β-unsaturated/α-hetero) is 1. The second kappa shape index (κ2) is 7.75. The maximum absolute atomic E-state index is 12.0. The van der Waals surface area contributed by atoms with E-state index in [4.69, 9.17) is 0 Å². The zero-order chi connectivity index (χ0) is 15.1. The molecule has 1 rings (SSSR count). The van der Waals surface area contributed by atoms with Crippen molar-refractivity contribution in [2.45, 2.75) is 45.4 Å². The largest absolute Gasteiger partial charge is 0.396 e. The topological polar surface area (TPSA) is 80.4 Å². The van der Waals surface area contributed by atoms with Crippen molar-refractivity contribution >= 4 is 11.5 Å². The summed E-state index contributed by atoms with van der Waals surface area (Å²) in [6, 6.07) is 4.40. The molecule has 1 atom stereocenters. The van der Waals surface area contributed by atoms with E-state index in [1.54, 1.807) is 13.0 Å². The molecule has 1 N–H and O–H groups in total. The van der Waals surface area contributed by atoms with Gasteiger partial charge in [-0.15, -0.1) is 0 Å². The first-order valence-corrected chi connectivity index (χ1v) is 6.93. The lowest BCUT2D eigenvalue weighted by Gasteiger charge is -2.10. The summed E-state index contributed by atoms with van der Waals surface area (Å²) < 4.78 is 0. The van der Waals surface area contributed by atoms with Crippen molar-refractivity contribution in [1.29, 1.82) is 0 Å². The van der Waals surface area contributed by atoms with E-state index in [1.165, 1.54) is 12.1 Å². The smallest absolute Gasteiger partial charge is 0.272 e. The Labute approximate surface area is 118 Å². The highest BCUT2D eigenvalue weighted by Gasteiger charge is 2.20. The summed E-state index contributed by atoms with van der Waals surface area (Å²) in [5.41, 5.74) is 0.859. The van der Waals surface area contributed by atoms with Crippen LogP contribution in [0.5, 0.6) is 0 Å². The maximum atomic E-state index is 12.0. The van der Waals surface area contributed by atoms with E-state index in [9.17, 15) is 20.0 Å². The number of hydrogen-bond donors (Lipinski definition) is 1. The van der Waals surface area contributed by atoms with Gasteiger partial charge in [-0.25, -0.2) is 0 Å². The Bertz CT molecular complexity index is 485. The molecule has 0 fully saturated rings. The lowest BCUT2D eigenvalue weighted by Crippen LogP contribution is -2.07. The summed E-state index contributed by atoms with van der Waals surface area (Å²) in [7, 11) is 0. The molecule has 1 unspecified atom stereocenters. The Morgan fingerprint density at radius 3 is 2.65 bits per heavy atom. The van der Waals surface area contributed by atoms with E-state index in [0.29, 0.717) is 17.5 Å². The molecule has 0 radical (unpaired) electrons. The molecule has 0 saturated carbocycles. The Kier molecular flexibility index (Phi) is 6.31. The lowest BCUT2D eigenvalue weighted by molar-refractivity contribution is -0.385. The molecule has 0 heterocycles. The summed E-state index contributed by atoms with van der Waals surface area (Å²) in [6.07, 6.45) is 3.33. The van der Waals surface area contributed by atoms with Gasteiger partial charge in [-0.2, -0.15) is 0 Å². The van der Waals surface area contributed by atoms with Crippen LogP contribution in [-0.4, -0.2) is 22.4 Å². The molecule has 0 saturated heterocycles. The minimum Gasteiger partial charge on any atom is -0.396 e. The fraction of sp³-hybridized carbons (Fsp3) is 0.533. The van der Waals surface area contributed by atoms with E-state index in [0.717, 1.165) is 19.3 Å². The number of carbonyl (C=O) groups excluding carboxylic acids is 1. The molecule has 20 heavy (non-hydrogen) atoms. The Morgan fingerprint density at radius 1 is 1.40 bits per heavy atom. The van der Waals surface area contributed by atoms with Crippen LogP contribution in [0.2, 0.25) is 0 Å². The average Bonchev–Trinajstić information content (AvgIpc) is 2.45. The Morgan fingerprint density at radius 2 is 2.10 bits per heavy atom. The van der Waals surface area contributed by atoms with Crippen LogP contribution in [0, 0.1) is 10.1 Å². The second-order valence-corrected chi connectivity index (χ2v) is 4.99. The summed E-state index contributed by atoms with van der Waals surface area (Å²) >= 11 is 0. The molecule has 5 nitrogen and oxygen atoms in total. The predicted octanol–water partition coefficient (Wildman–Crippen LogP) is 3.45. The second-order valence-electron chi connectivity index (χ2n) is 4.99. The number of aliphatic hydroxyl groups excluding tert-OH is 1. The molecule has 0 aromatic heterocycles. The number of benzene rings is 1.